The number of carbonyl (C=O) groups excluding carboxylic acids is 1. The molecular weight excluding hydrogens is 266 g/mol. The first-order valence-electron chi connectivity index (χ1n) is 7.01. The van der Waals surface area contributed by atoms with E-state index < -0.39 is 6.10 Å². The Morgan fingerprint density at radius 3 is 2.67 bits per heavy atom. The summed E-state index contributed by atoms with van der Waals surface area (Å²) in [5, 5.41) is 11.9. The van der Waals surface area contributed by atoms with Gasteiger partial charge in [-0.3, -0.25) is 4.79 Å². The van der Waals surface area contributed by atoms with Gasteiger partial charge in [-0.05, 0) is 42.2 Å². The lowest BCUT2D eigenvalue weighted by Gasteiger charge is -2.16. The molecule has 108 valence electrons. The van der Waals surface area contributed by atoms with Gasteiger partial charge in [-0.2, -0.15) is 0 Å². The number of hydrogen-bond donors (Lipinski definition) is 2. The van der Waals surface area contributed by atoms with Gasteiger partial charge >= 0.3 is 0 Å². The Hall–Kier alpha value is -2.33. The maximum absolute atomic E-state index is 12.2. The van der Waals surface area contributed by atoms with Crippen LogP contribution in [0.3, 0.4) is 0 Å². The van der Waals surface area contributed by atoms with E-state index in [1.165, 1.54) is 0 Å². The maximum Gasteiger partial charge on any atom is 0.265 e. The lowest BCUT2D eigenvalue weighted by atomic mass is 10.1. The van der Waals surface area contributed by atoms with Gasteiger partial charge in [-0.15, -0.1) is 0 Å². The van der Waals surface area contributed by atoms with Crippen LogP contribution in [-0.2, 0) is 17.8 Å². The molecule has 0 bridgehead atoms. The smallest absolute Gasteiger partial charge is 0.265 e. The van der Waals surface area contributed by atoms with E-state index in [0.29, 0.717) is 12.2 Å². The number of aryl methyl sites for hydroxylation is 1. The second-order valence-corrected chi connectivity index (χ2v) is 5.09. The van der Waals surface area contributed by atoms with Gasteiger partial charge in [-0.1, -0.05) is 30.3 Å². The first kappa shape index (κ1) is 13.6. The van der Waals surface area contributed by atoms with Crippen molar-refractivity contribution in [2.45, 2.75) is 25.6 Å². The van der Waals surface area contributed by atoms with E-state index >= 15 is 0 Å². The van der Waals surface area contributed by atoms with Crippen molar-refractivity contribution >= 4 is 11.6 Å². The normalized spacial score (nSPS) is 17.6. The van der Waals surface area contributed by atoms with Crippen LogP contribution in [0.1, 0.15) is 17.5 Å². The summed E-state index contributed by atoms with van der Waals surface area (Å²) in [5.41, 5.74) is 2.82. The number of ether oxygens (including phenoxy) is 1. The predicted molar refractivity (Wildman–Crippen MR) is 80.2 cm³/mol. The Morgan fingerprint density at radius 1 is 1.14 bits per heavy atom. The zero-order valence-electron chi connectivity index (χ0n) is 11.6. The highest BCUT2D eigenvalue weighted by Crippen LogP contribution is 2.24. The minimum Gasteiger partial charge on any atom is -0.481 e. The Kier molecular flexibility index (Phi) is 3.88. The van der Waals surface area contributed by atoms with Crippen LogP contribution in [0.25, 0.3) is 0 Å². The monoisotopic (exact) mass is 283 g/mol. The van der Waals surface area contributed by atoms with Crippen LogP contribution in [0.2, 0.25) is 0 Å². The molecule has 2 aromatic rings. The summed E-state index contributed by atoms with van der Waals surface area (Å²) < 4.78 is 5.78. The van der Waals surface area contributed by atoms with Gasteiger partial charge in [0.15, 0.2) is 6.10 Å². The van der Waals surface area contributed by atoms with E-state index in [-0.39, 0.29) is 12.5 Å². The highest BCUT2D eigenvalue weighted by molar-refractivity contribution is 5.95. The van der Waals surface area contributed by atoms with Gasteiger partial charge in [0.25, 0.3) is 5.91 Å². The molecule has 4 nitrogen and oxygen atoms in total. The molecule has 0 spiro atoms. The van der Waals surface area contributed by atoms with Crippen molar-refractivity contribution in [1.82, 2.24) is 0 Å². The third-order valence-electron chi connectivity index (χ3n) is 3.63. The van der Waals surface area contributed by atoms with Crippen molar-refractivity contribution < 1.29 is 14.6 Å². The number of hydrogen-bond acceptors (Lipinski definition) is 3. The lowest BCUT2D eigenvalue weighted by Crippen LogP contribution is -2.31. The molecule has 1 aliphatic heterocycles. The van der Waals surface area contributed by atoms with Gasteiger partial charge < -0.3 is 15.2 Å². The summed E-state index contributed by atoms with van der Waals surface area (Å²) >= 11 is 0. The van der Waals surface area contributed by atoms with Crippen LogP contribution in [0.5, 0.6) is 5.75 Å². The molecule has 2 N–H and O–H groups in total. The fourth-order valence-electron chi connectivity index (χ4n) is 2.44. The van der Waals surface area contributed by atoms with Gasteiger partial charge in [0, 0.05) is 5.69 Å². The summed E-state index contributed by atoms with van der Waals surface area (Å²) in [6.45, 7) is -0.000492. The van der Waals surface area contributed by atoms with E-state index in [2.05, 4.69) is 5.32 Å². The van der Waals surface area contributed by atoms with Crippen LogP contribution < -0.4 is 10.1 Å². The Labute approximate surface area is 123 Å². The third-order valence-corrected chi connectivity index (χ3v) is 3.63. The fraction of sp³-hybridized carbons (Fsp3) is 0.235. The zero-order chi connectivity index (χ0) is 14.7. The molecule has 21 heavy (non-hydrogen) atoms. The highest BCUT2D eigenvalue weighted by Gasteiger charge is 2.24. The number of para-hydroxylation sites is 1. The van der Waals surface area contributed by atoms with Crippen molar-refractivity contribution in [3.05, 3.63) is 59.7 Å². The largest absolute Gasteiger partial charge is 0.481 e. The summed E-state index contributed by atoms with van der Waals surface area (Å²) in [6.07, 6.45) is 0.941. The number of rotatable bonds is 3. The number of amides is 1. The molecule has 1 amide bonds. The molecule has 1 aliphatic rings. The number of aliphatic hydroxyl groups is 1. The fourth-order valence-corrected chi connectivity index (χ4v) is 2.44. The Balaban J connectivity index is 1.73. The molecule has 2 aromatic carbocycles. The van der Waals surface area contributed by atoms with Crippen molar-refractivity contribution in [2.75, 3.05) is 5.32 Å². The molecule has 3 rings (SSSR count). The maximum atomic E-state index is 12.2. The average molecular weight is 283 g/mol. The van der Waals surface area contributed by atoms with Crippen LogP contribution in [-0.4, -0.2) is 17.1 Å². The molecule has 0 saturated carbocycles. The zero-order valence-corrected chi connectivity index (χ0v) is 11.6. The van der Waals surface area contributed by atoms with Gasteiger partial charge in [0.2, 0.25) is 0 Å². The molecule has 0 radical (unpaired) electrons. The molecule has 1 unspecified atom stereocenters. The molecule has 4 heteroatoms. The van der Waals surface area contributed by atoms with E-state index in [1.54, 1.807) is 24.3 Å². The van der Waals surface area contributed by atoms with E-state index in [9.17, 15) is 4.79 Å². The molecule has 1 atom stereocenters. The topological polar surface area (TPSA) is 58.6 Å². The summed E-state index contributed by atoms with van der Waals surface area (Å²) in [6, 6.07) is 14.9. The van der Waals surface area contributed by atoms with Crippen LogP contribution in [0.15, 0.2) is 48.5 Å². The van der Waals surface area contributed by atoms with Crippen molar-refractivity contribution in [1.29, 1.82) is 0 Å². The second kappa shape index (κ2) is 5.97. The highest BCUT2D eigenvalue weighted by atomic mass is 16.5. The molecule has 0 fully saturated rings. The standard InChI is InChI=1S/C17H17NO3/c19-11-12-5-8-14(9-6-12)21-16-10-7-13-3-1-2-4-15(13)18-17(16)20/h1-6,8-9,16,19H,7,10-11H2,(H,18,20). The van der Waals surface area contributed by atoms with E-state index in [0.717, 1.165) is 23.2 Å². The van der Waals surface area contributed by atoms with Gasteiger partial charge in [0.05, 0.1) is 6.61 Å². The molecule has 0 saturated heterocycles. The summed E-state index contributed by atoms with van der Waals surface area (Å²) in [4.78, 5) is 12.2. The van der Waals surface area contributed by atoms with Crippen molar-refractivity contribution in [3.8, 4) is 5.75 Å². The summed E-state index contributed by atoms with van der Waals surface area (Å²) in [7, 11) is 0. The Morgan fingerprint density at radius 2 is 1.90 bits per heavy atom. The summed E-state index contributed by atoms with van der Waals surface area (Å²) in [5.74, 6) is 0.518. The van der Waals surface area contributed by atoms with Gasteiger partial charge in [0.1, 0.15) is 5.75 Å². The average Bonchev–Trinajstić information content (AvgIpc) is 2.67. The number of nitrogens with one attached hydrogen (secondary N) is 1. The molecule has 0 aromatic heterocycles. The van der Waals surface area contributed by atoms with Crippen molar-refractivity contribution in [2.24, 2.45) is 0 Å². The quantitative estimate of drug-likeness (QED) is 0.910. The molecule has 1 heterocycles. The predicted octanol–water partition coefficient (Wildman–Crippen LogP) is 2.51. The first-order valence-corrected chi connectivity index (χ1v) is 7.01. The number of anilines is 1. The second-order valence-electron chi connectivity index (χ2n) is 5.09. The Bertz CT molecular complexity index is 637. The van der Waals surface area contributed by atoms with Gasteiger partial charge in [-0.25, -0.2) is 0 Å². The van der Waals surface area contributed by atoms with Crippen LogP contribution in [0.4, 0.5) is 5.69 Å². The van der Waals surface area contributed by atoms with E-state index in [4.69, 9.17) is 9.84 Å². The minimum atomic E-state index is -0.502. The number of aliphatic hydroxyl groups excluding tert-OH is 1. The van der Waals surface area contributed by atoms with Crippen molar-refractivity contribution in [3.63, 3.8) is 0 Å². The number of carbonyl (C=O) groups is 1. The minimum absolute atomic E-state index is 0.000492. The number of benzene rings is 2. The molecular formula is C17H17NO3. The van der Waals surface area contributed by atoms with E-state index in [1.807, 2.05) is 24.3 Å². The lowest BCUT2D eigenvalue weighted by molar-refractivity contribution is -0.122. The molecule has 0 aliphatic carbocycles. The van der Waals surface area contributed by atoms with Crippen LogP contribution >= 0.6 is 0 Å². The SMILES string of the molecule is O=C1Nc2ccccc2CCC1Oc1ccc(CO)cc1. The third kappa shape index (κ3) is 3.06. The first-order chi connectivity index (χ1) is 10.3. The number of fused-ring (bicyclic) bond motifs is 1. The van der Waals surface area contributed by atoms with Crippen LogP contribution in [0, 0.1) is 0 Å².